The molecule has 1 aromatic rings. The Morgan fingerprint density at radius 1 is 1.37 bits per heavy atom. The Bertz CT molecular complexity index is 532. The van der Waals surface area contributed by atoms with E-state index in [0.29, 0.717) is 17.0 Å². The molecule has 2 N–H and O–H groups in total. The summed E-state index contributed by atoms with van der Waals surface area (Å²) < 4.78 is 5.47. The molecule has 1 unspecified atom stereocenters. The van der Waals surface area contributed by atoms with Crippen LogP contribution >= 0.6 is 0 Å². The molecule has 0 fully saturated rings. The number of fused-ring (bicyclic) bond motifs is 1. The Balaban J connectivity index is 2.24. The zero-order valence-electron chi connectivity index (χ0n) is 11.5. The van der Waals surface area contributed by atoms with Crippen LogP contribution in [0.1, 0.15) is 38.1 Å². The summed E-state index contributed by atoms with van der Waals surface area (Å²) in [5.74, 6) is 0.177. The van der Waals surface area contributed by atoms with Crippen molar-refractivity contribution in [1.29, 1.82) is 0 Å². The van der Waals surface area contributed by atoms with E-state index < -0.39 is 6.10 Å². The first kappa shape index (κ1) is 13.4. The number of carbonyl (C=O) groups excluding carboxylic acids is 2. The minimum atomic E-state index is -0.548. The predicted molar refractivity (Wildman–Crippen MR) is 72.4 cm³/mol. The Labute approximate surface area is 112 Å². The molecular weight excluding hydrogens is 244 g/mol. The summed E-state index contributed by atoms with van der Waals surface area (Å²) >= 11 is 0. The lowest BCUT2D eigenvalue weighted by Crippen LogP contribution is -2.40. The summed E-state index contributed by atoms with van der Waals surface area (Å²) in [7, 11) is 0. The average molecular weight is 262 g/mol. The average Bonchev–Trinajstić information content (AvgIpc) is 2.27. The number of carbonyl (C=O) groups is 2. The van der Waals surface area contributed by atoms with Crippen molar-refractivity contribution >= 4 is 17.5 Å². The Morgan fingerprint density at radius 2 is 2.05 bits per heavy atom. The monoisotopic (exact) mass is 262 g/mol. The molecule has 5 heteroatoms. The van der Waals surface area contributed by atoms with Crippen molar-refractivity contribution < 1.29 is 14.3 Å². The van der Waals surface area contributed by atoms with Crippen LogP contribution in [0.3, 0.4) is 0 Å². The maximum absolute atomic E-state index is 12.0. The summed E-state index contributed by atoms with van der Waals surface area (Å²) in [6, 6.07) is 4.99. The van der Waals surface area contributed by atoms with Gasteiger partial charge in [0.1, 0.15) is 5.75 Å². The fourth-order valence-electron chi connectivity index (χ4n) is 1.76. The van der Waals surface area contributed by atoms with Crippen LogP contribution in [-0.2, 0) is 4.79 Å². The van der Waals surface area contributed by atoms with Crippen molar-refractivity contribution in [1.82, 2.24) is 5.32 Å². The van der Waals surface area contributed by atoms with Gasteiger partial charge in [-0.05, 0) is 45.9 Å². The third-order valence-electron chi connectivity index (χ3n) is 2.66. The van der Waals surface area contributed by atoms with Gasteiger partial charge in [0, 0.05) is 11.1 Å². The van der Waals surface area contributed by atoms with E-state index in [-0.39, 0.29) is 17.4 Å². The molecule has 102 valence electrons. The molecular formula is C14H18N2O3. The molecule has 0 saturated carbocycles. The van der Waals surface area contributed by atoms with Gasteiger partial charge < -0.3 is 15.4 Å². The zero-order chi connectivity index (χ0) is 14.2. The molecule has 0 radical (unpaired) electrons. The van der Waals surface area contributed by atoms with Gasteiger partial charge >= 0.3 is 0 Å². The fraction of sp³-hybridized carbons (Fsp3) is 0.429. The van der Waals surface area contributed by atoms with Crippen LogP contribution in [-0.4, -0.2) is 23.5 Å². The largest absolute Gasteiger partial charge is 0.479 e. The van der Waals surface area contributed by atoms with Crippen molar-refractivity contribution in [2.24, 2.45) is 0 Å². The second kappa shape index (κ2) is 4.57. The number of ether oxygens (including phenoxy) is 1. The fourth-order valence-corrected chi connectivity index (χ4v) is 1.76. The highest BCUT2D eigenvalue weighted by atomic mass is 16.5. The molecule has 1 aliphatic rings. The third kappa shape index (κ3) is 3.05. The summed E-state index contributed by atoms with van der Waals surface area (Å²) in [5, 5.41) is 5.61. The molecule has 1 aromatic carbocycles. The second-order valence-corrected chi connectivity index (χ2v) is 5.66. The van der Waals surface area contributed by atoms with Crippen LogP contribution in [0.25, 0.3) is 0 Å². The van der Waals surface area contributed by atoms with Gasteiger partial charge in [0.15, 0.2) is 6.10 Å². The molecule has 19 heavy (non-hydrogen) atoms. The highest BCUT2D eigenvalue weighted by Crippen LogP contribution is 2.30. The zero-order valence-corrected chi connectivity index (χ0v) is 11.5. The Morgan fingerprint density at radius 3 is 2.68 bits per heavy atom. The van der Waals surface area contributed by atoms with Gasteiger partial charge in [0.25, 0.3) is 11.8 Å². The van der Waals surface area contributed by atoms with E-state index in [0.717, 1.165) is 0 Å². The van der Waals surface area contributed by atoms with Crippen molar-refractivity contribution in [3.05, 3.63) is 23.8 Å². The Kier molecular flexibility index (Phi) is 3.22. The lowest BCUT2D eigenvalue weighted by atomic mass is 10.1. The quantitative estimate of drug-likeness (QED) is 0.812. The standard InChI is InChI=1S/C14H18N2O3/c1-8-12(17)15-10-6-5-9(7-11(10)19-8)13(18)16-14(2,3)4/h5-8H,1-4H3,(H,15,17)(H,16,18). The normalized spacial score (nSPS) is 18.1. The van der Waals surface area contributed by atoms with Gasteiger partial charge in [0.05, 0.1) is 5.69 Å². The molecule has 2 amide bonds. The molecule has 0 aromatic heterocycles. The first-order valence-corrected chi connectivity index (χ1v) is 6.20. The van der Waals surface area contributed by atoms with Crippen LogP contribution in [0.15, 0.2) is 18.2 Å². The third-order valence-corrected chi connectivity index (χ3v) is 2.66. The van der Waals surface area contributed by atoms with E-state index in [1.165, 1.54) is 0 Å². The maximum Gasteiger partial charge on any atom is 0.265 e. The molecule has 5 nitrogen and oxygen atoms in total. The van der Waals surface area contributed by atoms with E-state index in [1.54, 1.807) is 25.1 Å². The number of amides is 2. The van der Waals surface area contributed by atoms with E-state index >= 15 is 0 Å². The number of hydrogen-bond donors (Lipinski definition) is 2. The topological polar surface area (TPSA) is 67.4 Å². The first-order chi connectivity index (χ1) is 8.76. The summed E-state index contributed by atoms with van der Waals surface area (Å²) in [5.41, 5.74) is 0.808. The van der Waals surface area contributed by atoms with E-state index in [2.05, 4.69) is 10.6 Å². The van der Waals surface area contributed by atoms with Crippen molar-refractivity contribution in [3.63, 3.8) is 0 Å². The Hall–Kier alpha value is -2.04. The van der Waals surface area contributed by atoms with E-state index in [4.69, 9.17) is 4.74 Å². The molecule has 1 heterocycles. The number of hydrogen-bond acceptors (Lipinski definition) is 3. The molecule has 0 bridgehead atoms. The summed E-state index contributed by atoms with van der Waals surface area (Å²) in [6.45, 7) is 7.42. The summed E-state index contributed by atoms with van der Waals surface area (Å²) in [4.78, 5) is 23.5. The minimum Gasteiger partial charge on any atom is -0.479 e. The lowest BCUT2D eigenvalue weighted by molar-refractivity contribution is -0.122. The van der Waals surface area contributed by atoms with Gasteiger partial charge in [-0.3, -0.25) is 9.59 Å². The van der Waals surface area contributed by atoms with Gasteiger partial charge in [-0.1, -0.05) is 0 Å². The van der Waals surface area contributed by atoms with E-state index in [1.807, 2.05) is 20.8 Å². The summed E-state index contributed by atoms with van der Waals surface area (Å²) in [6.07, 6.45) is -0.548. The maximum atomic E-state index is 12.0. The van der Waals surface area contributed by atoms with Gasteiger partial charge in [-0.2, -0.15) is 0 Å². The predicted octanol–water partition coefficient (Wildman–Crippen LogP) is 1.93. The SMILES string of the molecule is CC1Oc2cc(C(=O)NC(C)(C)C)ccc2NC1=O. The minimum absolute atomic E-state index is 0.163. The molecule has 2 rings (SSSR count). The number of rotatable bonds is 1. The highest BCUT2D eigenvalue weighted by molar-refractivity contribution is 6.00. The van der Waals surface area contributed by atoms with Crippen LogP contribution in [0.2, 0.25) is 0 Å². The van der Waals surface area contributed by atoms with Gasteiger partial charge in [0.2, 0.25) is 0 Å². The molecule has 1 aliphatic heterocycles. The van der Waals surface area contributed by atoms with Crippen molar-refractivity contribution in [3.8, 4) is 5.75 Å². The lowest BCUT2D eigenvalue weighted by Gasteiger charge is -2.24. The smallest absolute Gasteiger partial charge is 0.265 e. The van der Waals surface area contributed by atoms with E-state index in [9.17, 15) is 9.59 Å². The van der Waals surface area contributed by atoms with Crippen LogP contribution < -0.4 is 15.4 Å². The molecule has 1 atom stereocenters. The molecule has 0 saturated heterocycles. The number of anilines is 1. The second-order valence-electron chi connectivity index (χ2n) is 5.66. The van der Waals surface area contributed by atoms with Crippen LogP contribution in [0.4, 0.5) is 5.69 Å². The van der Waals surface area contributed by atoms with Crippen LogP contribution in [0, 0.1) is 0 Å². The van der Waals surface area contributed by atoms with Crippen molar-refractivity contribution in [2.75, 3.05) is 5.32 Å². The highest BCUT2D eigenvalue weighted by Gasteiger charge is 2.24. The molecule has 0 aliphatic carbocycles. The van der Waals surface area contributed by atoms with Gasteiger partial charge in [-0.15, -0.1) is 0 Å². The molecule has 0 spiro atoms. The van der Waals surface area contributed by atoms with Gasteiger partial charge in [-0.25, -0.2) is 0 Å². The number of nitrogens with one attached hydrogen (secondary N) is 2. The number of benzene rings is 1. The first-order valence-electron chi connectivity index (χ1n) is 6.20. The van der Waals surface area contributed by atoms with Crippen molar-refractivity contribution in [2.45, 2.75) is 39.3 Å². The van der Waals surface area contributed by atoms with Crippen LogP contribution in [0.5, 0.6) is 5.75 Å².